The summed E-state index contributed by atoms with van der Waals surface area (Å²) in [5.41, 5.74) is 2.66. The number of methoxy groups -OCH3 is 2. The molecule has 1 heterocycles. The first-order valence-electron chi connectivity index (χ1n) is 9.22. The molecule has 0 radical (unpaired) electrons. The molecule has 0 spiro atoms. The van der Waals surface area contributed by atoms with Gasteiger partial charge in [-0.05, 0) is 35.9 Å². The predicted molar refractivity (Wildman–Crippen MR) is 120 cm³/mol. The molecule has 0 unspecified atom stereocenters. The Labute approximate surface area is 179 Å². The summed E-state index contributed by atoms with van der Waals surface area (Å²) in [6.45, 7) is 4.33. The number of thioether (sulfide) groups is 1. The molecule has 0 saturated carbocycles. The quantitative estimate of drug-likeness (QED) is 0.480. The van der Waals surface area contributed by atoms with E-state index in [1.54, 1.807) is 14.2 Å². The van der Waals surface area contributed by atoms with Gasteiger partial charge in [0.2, 0.25) is 5.91 Å². The van der Waals surface area contributed by atoms with Gasteiger partial charge in [-0.1, -0.05) is 26.0 Å². The van der Waals surface area contributed by atoms with E-state index < -0.39 is 0 Å². The number of hydrogen-bond acceptors (Lipinski definition) is 6. The van der Waals surface area contributed by atoms with Crippen LogP contribution < -0.4 is 14.8 Å². The molecule has 152 valence electrons. The predicted octanol–water partition coefficient (Wildman–Crippen LogP) is 5.51. The van der Waals surface area contributed by atoms with E-state index in [-0.39, 0.29) is 5.91 Å². The molecule has 29 heavy (non-hydrogen) atoms. The maximum atomic E-state index is 12.4. The molecule has 0 fully saturated rings. The van der Waals surface area contributed by atoms with Crippen molar-refractivity contribution in [3.05, 3.63) is 53.4 Å². The van der Waals surface area contributed by atoms with Crippen molar-refractivity contribution < 1.29 is 14.3 Å². The van der Waals surface area contributed by atoms with Crippen LogP contribution in [0.5, 0.6) is 11.5 Å². The van der Waals surface area contributed by atoms with Crippen LogP contribution in [0.15, 0.2) is 52.7 Å². The minimum Gasteiger partial charge on any atom is -0.493 e. The molecule has 1 amide bonds. The van der Waals surface area contributed by atoms with Gasteiger partial charge in [0.25, 0.3) is 0 Å². The zero-order valence-electron chi connectivity index (χ0n) is 16.9. The van der Waals surface area contributed by atoms with Crippen molar-refractivity contribution in [2.45, 2.75) is 30.4 Å². The number of carbonyl (C=O) groups excluding carboxylic acids is 1. The maximum Gasteiger partial charge on any atom is 0.230 e. The summed E-state index contributed by atoms with van der Waals surface area (Å²) >= 11 is 3.21. The fourth-order valence-electron chi connectivity index (χ4n) is 2.77. The summed E-state index contributed by atoms with van der Waals surface area (Å²) < 4.78 is 10.6. The minimum atomic E-state index is -0.0810. The summed E-state index contributed by atoms with van der Waals surface area (Å²) in [5, 5.41) is 5.91. The third-order valence-electron chi connectivity index (χ3n) is 4.09. The molecule has 0 aliphatic rings. The van der Waals surface area contributed by atoms with Crippen LogP contribution in [0.1, 0.15) is 19.4 Å². The molecule has 1 N–H and O–H groups in total. The summed E-state index contributed by atoms with van der Waals surface area (Å²) in [4.78, 5) is 18.1. The molecule has 3 aromatic rings. The van der Waals surface area contributed by atoms with E-state index in [1.807, 2.05) is 47.5 Å². The number of rotatable bonds is 8. The Morgan fingerprint density at radius 1 is 1.10 bits per heavy atom. The van der Waals surface area contributed by atoms with Gasteiger partial charge in [-0.15, -0.1) is 23.1 Å². The molecule has 0 atom stereocenters. The summed E-state index contributed by atoms with van der Waals surface area (Å²) in [6.07, 6.45) is 0.317. The molecule has 0 aliphatic heterocycles. The van der Waals surface area contributed by atoms with Gasteiger partial charge in [-0.3, -0.25) is 4.79 Å². The molecule has 0 saturated heterocycles. The average Bonchev–Trinajstić information content (AvgIpc) is 3.16. The Bertz CT molecular complexity index is 968. The number of carbonyl (C=O) groups is 1. The van der Waals surface area contributed by atoms with Crippen LogP contribution >= 0.6 is 23.1 Å². The smallest absolute Gasteiger partial charge is 0.230 e. The number of benzene rings is 2. The van der Waals surface area contributed by atoms with E-state index in [9.17, 15) is 4.79 Å². The van der Waals surface area contributed by atoms with Gasteiger partial charge < -0.3 is 14.8 Å². The summed E-state index contributed by atoms with van der Waals surface area (Å²) in [6, 6.07) is 13.8. The highest BCUT2D eigenvalue weighted by atomic mass is 32.2. The van der Waals surface area contributed by atoms with Crippen LogP contribution in [0.4, 0.5) is 5.13 Å². The number of nitrogens with one attached hydrogen (secondary N) is 1. The Kier molecular flexibility index (Phi) is 7.17. The number of nitrogens with zero attached hydrogens (tertiary/aromatic N) is 1. The lowest BCUT2D eigenvalue weighted by molar-refractivity contribution is -0.115. The van der Waals surface area contributed by atoms with E-state index in [4.69, 9.17) is 9.47 Å². The Balaban J connectivity index is 1.63. The van der Waals surface area contributed by atoms with Crippen molar-refractivity contribution in [3.8, 4) is 22.8 Å². The maximum absolute atomic E-state index is 12.4. The molecule has 2 aromatic carbocycles. The Morgan fingerprint density at radius 2 is 1.83 bits per heavy atom. The van der Waals surface area contributed by atoms with Gasteiger partial charge in [0.05, 0.1) is 26.3 Å². The fourth-order valence-corrected chi connectivity index (χ4v) is 4.34. The molecular formula is C22H24N2O3S2. The van der Waals surface area contributed by atoms with Gasteiger partial charge in [0.15, 0.2) is 16.6 Å². The first-order chi connectivity index (χ1) is 14.0. The van der Waals surface area contributed by atoms with Crippen LogP contribution in [0.3, 0.4) is 0 Å². The molecule has 1 aromatic heterocycles. The van der Waals surface area contributed by atoms with Crippen molar-refractivity contribution in [1.82, 2.24) is 4.98 Å². The van der Waals surface area contributed by atoms with E-state index in [2.05, 4.69) is 36.3 Å². The summed E-state index contributed by atoms with van der Waals surface area (Å²) in [5.74, 6) is 1.22. The van der Waals surface area contributed by atoms with E-state index in [1.165, 1.54) is 16.2 Å². The fraction of sp³-hybridized carbons (Fsp3) is 0.273. The average molecular weight is 429 g/mol. The SMILES string of the molecule is COc1ccc(-c2csc(NC(=O)Cc3ccc(SC(C)C)cc3)n2)cc1OC. The molecule has 7 heteroatoms. The lowest BCUT2D eigenvalue weighted by Gasteiger charge is -2.08. The van der Waals surface area contributed by atoms with Crippen molar-refractivity contribution in [1.29, 1.82) is 0 Å². The highest BCUT2D eigenvalue weighted by Gasteiger charge is 2.11. The zero-order chi connectivity index (χ0) is 20.8. The minimum absolute atomic E-state index is 0.0810. The Morgan fingerprint density at radius 3 is 2.48 bits per heavy atom. The molecule has 3 rings (SSSR count). The highest BCUT2D eigenvalue weighted by Crippen LogP contribution is 2.33. The number of amides is 1. The zero-order valence-corrected chi connectivity index (χ0v) is 18.5. The lowest BCUT2D eigenvalue weighted by Crippen LogP contribution is -2.14. The van der Waals surface area contributed by atoms with Gasteiger partial charge in [0, 0.05) is 21.1 Å². The third-order valence-corrected chi connectivity index (χ3v) is 5.86. The van der Waals surface area contributed by atoms with Crippen molar-refractivity contribution in [2.75, 3.05) is 19.5 Å². The second kappa shape index (κ2) is 9.80. The number of aromatic nitrogens is 1. The second-order valence-electron chi connectivity index (χ2n) is 6.64. The van der Waals surface area contributed by atoms with E-state index in [0.29, 0.717) is 28.3 Å². The number of ether oxygens (including phenoxy) is 2. The largest absolute Gasteiger partial charge is 0.493 e. The van der Waals surface area contributed by atoms with Crippen molar-refractivity contribution in [3.63, 3.8) is 0 Å². The lowest BCUT2D eigenvalue weighted by atomic mass is 10.1. The number of anilines is 1. The van der Waals surface area contributed by atoms with Gasteiger partial charge in [-0.25, -0.2) is 4.98 Å². The molecule has 5 nitrogen and oxygen atoms in total. The third kappa shape index (κ3) is 5.74. The highest BCUT2D eigenvalue weighted by molar-refractivity contribution is 7.99. The van der Waals surface area contributed by atoms with Crippen LogP contribution in [-0.2, 0) is 11.2 Å². The molecule has 0 bridgehead atoms. The first-order valence-corrected chi connectivity index (χ1v) is 11.0. The van der Waals surface area contributed by atoms with Gasteiger partial charge in [0.1, 0.15) is 0 Å². The van der Waals surface area contributed by atoms with E-state index >= 15 is 0 Å². The number of thiazole rings is 1. The van der Waals surface area contributed by atoms with Crippen LogP contribution in [0, 0.1) is 0 Å². The Hall–Kier alpha value is -2.51. The van der Waals surface area contributed by atoms with Crippen molar-refractivity contribution in [2.24, 2.45) is 0 Å². The van der Waals surface area contributed by atoms with E-state index in [0.717, 1.165) is 16.8 Å². The van der Waals surface area contributed by atoms with Crippen molar-refractivity contribution >= 4 is 34.1 Å². The second-order valence-corrected chi connectivity index (χ2v) is 9.15. The normalized spacial score (nSPS) is 10.8. The standard InChI is InChI=1S/C22H24N2O3S2/c1-14(2)29-17-8-5-15(6-9-17)11-21(25)24-22-23-18(13-28-22)16-7-10-19(26-3)20(12-16)27-4/h5-10,12-14H,11H2,1-4H3,(H,23,24,25). The number of hydrogen-bond donors (Lipinski definition) is 1. The molecule has 0 aliphatic carbocycles. The van der Waals surface area contributed by atoms with Gasteiger partial charge >= 0.3 is 0 Å². The van der Waals surface area contributed by atoms with Crippen LogP contribution in [0.2, 0.25) is 0 Å². The van der Waals surface area contributed by atoms with Crippen LogP contribution in [-0.4, -0.2) is 30.4 Å². The van der Waals surface area contributed by atoms with Crippen LogP contribution in [0.25, 0.3) is 11.3 Å². The first kappa shape index (κ1) is 21.2. The topological polar surface area (TPSA) is 60.5 Å². The summed E-state index contributed by atoms with van der Waals surface area (Å²) in [7, 11) is 3.20. The monoisotopic (exact) mass is 428 g/mol. The molecular weight excluding hydrogens is 404 g/mol. The van der Waals surface area contributed by atoms with Gasteiger partial charge in [-0.2, -0.15) is 0 Å².